The number of nitrogens with zero attached hydrogens (tertiary/aromatic N) is 1. The summed E-state index contributed by atoms with van der Waals surface area (Å²) in [7, 11) is 1.59. The second-order valence-corrected chi connectivity index (χ2v) is 7.79. The van der Waals surface area contributed by atoms with E-state index in [4.69, 9.17) is 4.74 Å². The lowest BCUT2D eigenvalue weighted by atomic mass is 10.0. The first kappa shape index (κ1) is 19.9. The fourth-order valence-electron chi connectivity index (χ4n) is 3.67. The smallest absolute Gasteiger partial charge is 0.266 e. The van der Waals surface area contributed by atoms with E-state index < -0.39 is 5.60 Å². The predicted octanol–water partition coefficient (Wildman–Crippen LogP) is 3.88. The van der Waals surface area contributed by atoms with E-state index in [-0.39, 0.29) is 17.9 Å². The average Bonchev–Trinajstić information content (AvgIpc) is 3.16. The quantitative estimate of drug-likeness (QED) is 0.856. The maximum absolute atomic E-state index is 13.3. The minimum atomic E-state index is -1.03. The Hall–Kier alpha value is -2.82. The van der Waals surface area contributed by atoms with Crippen molar-refractivity contribution in [3.63, 3.8) is 0 Å². The number of hydrogen-bond acceptors (Lipinski definition) is 3. The van der Waals surface area contributed by atoms with Crippen molar-refractivity contribution in [2.24, 2.45) is 0 Å². The van der Waals surface area contributed by atoms with Gasteiger partial charge in [-0.05, 0) is 57.4 Å². The topological polar surface area (TPSA) is 58.6 Å². The molecule has 2 aromatic rings. The summed E-state index contributed by atoms with van der Waals surface area (Å²) in [4.78, 5) is 27.1. The van der Waals surface area contributed by atoms with Gasteiger partial charge in [0, 0.05) is 19.2 Å². The Morgan fingerprint density at radius 3 is 2.54 bits per heavy atom. The predicted molar refractivity (Wildman–Crippen MR) is 109 cm³/mol. The van der Waals surface area contributed by atoms with Crippen LogP contribution in [0.3, 0.4) is 0 Å². The lowest BCUT2D eigenvalue weighted by Crippen LogP contribution is -2.48. The fraction of sp³-hybridized carbons (Fsp3) is 0.391. The first-order valence-corrected chi connectivity index (χ1v) is 9.70. The molecule has 1 atom stereocenters. The zero-order valence-electron chi connectivity index (χ0n) is 17.0. The van der Waals surface area contributed by atoms with Gasteiger partial charge in [-0.2, -0.15) is 0 Å². The van der Waals surface area contributed by atoms with Crippen LogP contribution >= 0.6 is 0 Å². The highest BCUT2D eigenvalue weighted by molar-refractivity contribution is 5.94. The van der Waals surface area contributed by atoms with E-state index in [9.17, 15) is 9.59 Å². The van der Waals surface area contributed by atoms with Gasteiger partial charge in [0.1, 0.15) is 5.75 Å². The van der Waals surface area contributed by atoms with Crippen molar-refractivity contribution in [3.8, 4) is 5.75 Å². The van der Waals surface area contributed by atoms with E-state index in [0.717, 1.165) is 24.9 Å². The van der Waals surface area contributed by atoms with Crippen LogP contribution in [0.15, 0.2) is 48.5 Å². The minimum absolute atomic E-state index is 0.0408. The van der Waals surface area contributed by atoms with Crippen LogP contribution in [0.2, 0.25) is 0 Å². The third-order valence-electron chi connectivity index (χ3n) is 5.19. The van der Waals surface area contributed by atoms with Gasteiger partial charge in [-0.25, -0.2) is 0 Å². The van der Waals surface area contributed by atoms with Gasteiger partial charge in [-0.3, -0.25) is 9.59 Å². The first-order chi connectivity index (χ1) is 13.3. The monoisotopic (exact) mass is 380 g/mol. The van der Waals surface area contributed by atoms with Gasteiger partial charge in [0.05, 0.1) is 6.04 Å². The fourth-order valence-corrected chi connectivity index (χ4v) is 3.67. The van der Waals surface area contributed by atoms with Crippen molar-refractivity contribution in [1.82, 2.24) is 10.2 Å². The number of carbonyl (C=O) groups is 2. The lowest BCUT2D eigenvalue weighted by Gasteiger charge is -2.33. The second-order valence-electron chi connectivity index (χ2n) is 7.79. The van der Waals surface area contributed by atoms with Crippen molar-refractivity contribution in [2.75, 3.05) is 13.6 Å². The van der Waals surface area contributed by atoms with Gasteiger partial charge >= 0.3 is 0 Å². The number of benzene rings is 2. The van der Waals surface area contributed by atoms with E-state index in [1.165, 1.54) is 5.56 Å². The normalized spacial score (nSPS) is 16.7. The molecule has 0 aromatic heterocycles. The van der Waals surface area contributed by atoms with Crippen LogP contribution in [0, 0.1) is 6.92 Å². The van der Waals surface area contributed by atoms with Crippen LogP contribution in [0.5, 0.6) is 5.75 Å². The number of rotatable bonds is 5. The minimum Gasteiger partial charge on any atom is -0.478 e. The number of hydrogen-bond donors (Lipinski definition) is 1. The molecule has 1 aliphatic rings. The maximum atomic E-state index is 13.3. The Morgan fingerprint density at radius 2 is 1.86 bits per heavy atom. The number of likely N-dealkylation sites (tertiary alicyclic amines) is 1. The molecule has 1 saturated heterocycles. The van der Waals surface area contributed by atoms with E-state index >= 15 is 0 Å². The molecule has 0 saturated carbocycles. The summed E-state index contributed by atoms with van der Waals surface area (Å²) in [6, 6.07) is 15.4. The third-order valence-corrected chi connectivity index (χ3v) is 5.19. The molecule has 0 radical (unpaired) electrons. The summed E-state index contributed by atoms with van der Waals surface area (Å²) in [5.74, 6) is 0.278. The largest absolute Gasteiger partial charge is 0.478 e. The number of amides is 2. The zero-order valence-corrected chi connectivity index (χ0v) is 17.0. The molecule has 5 heteroatoms. The van der Waals surface area contributed by atoms with Crippen LogP contribution in [-0.2, 0) is 4.79 Å². The summed E-state index contributed by atoms with van der Waals surface area (Å²) in [5, 5.41) is 2.60. The van der Waals surface area contributed by atoms with Crippen LogP contribution < -0.4 is 10.1 Å². The summed E-state index contributed by atoms with van der Waals surface area (Å²) < 4.78 is 6.04. The van der Waals surface area contributed by atoms with Crippen molar-refractivity contribution < 1.29 is 14.3 Å². The molecule has 2 aromatic carbocycles. The molecule has 1 aliphatic heterocycles. The molecule has 0 spiro atoms. The third kappa shape index (κ3) is 4.19. The van der Waals surface area contributed by atoms with E-state index in [2.05, 4.69) is 36.5 Å². The zero-order chi connectivity index (χ0) is 20.3. The van der Waals surface area contributed by atoms with Crippen LogP contribution in [0.25, 0.3) is 0 Å². The van der Waals surface area contributed by atoms with Gasteiger partial charge in [-0.1, -0.05) is 35.9 Å². The molecule has 1 unspecified atom stereocenters. The molecule has 28 heavy (non-hydrogen) atoms. The average molecular weight is 380 g/mol. The van der Waals surface area contributed by atoms with Crippen LogP contribution in [0.1, 0.15) is 54.2 Å². The van der Waals surface area contributed by atoms with E-state index in [1.807, 2.05) is 4.90 Å². The number of nitrogens with one attached hydrogen (secondary N) is 1. The highest BCUT2D eigenvalue weighted by Crippen LogP contribution is 2.34. The Morgan fingerprint density at radius 1 is 1.14 bits per heavy atom. The van der Waals surface area contributed by atoms with Crippen molar-refractivity contribution in [3.05, 3.63) is 65.2 Å². The van der Waals surface area contributed by atoms with Crippen LogP contribution in [0.4, 0.5) is 0 Å². The van der Waals surface area contributed by atoms with Crippen molar-refractivity contribution in [2.45, 2.75) is 45.3 Å². The van der Waals surface area contributed by atoms with Gasteiger partial charge < -0.3 is 15.0 Å². The van der Waals surface area contributed by atoms with E-state index in [0.29, 0.717) is 11.3 Å². The van der Waals surface area contributed by atoms with Gasteiger partial charge in [-0.15, -0.1) is 0 Å². The Labute approximate surface area is 166 Å². The molecule has 1 fully saturated rings. The highest BCUT2D eigenvalue weighted by Gasteiger charge is 2.40. The SMILES string of the molecule is CNC(=O)c1cccc(OC(C)(C)C(=O)N2CCCC2c2ccc(C)cc2)c1. The molecule has 1 heterocycles. The van der Waals surface area contributed by atoms with Gasteiger partial charge in [0.2, 0.25) is 0 Å². The molecule has 0 aliphatic carbocycles. The van der Waals surface area contributed by atoms with Crippen LogP contribution in [-0.4, -0.2) is 35.9 Å². The summed E-state index contributed by atoms with van der Waals surface area (Å²) in [6.45, 7) is 6.35. The lowest BCUT2D eigenvalue weighted by molar-refractivity contribution is -0.146. The number of carbonyl (C=O) groups excluding carboxylic acids is 2. The molecule has 148 valence electrons. The Kier molecular flexibility index (Phi) is 5.73. The van der Waals surface area contributed by atoms with Gasteiger partial charge in [0.25, 0.3) is 11.8 Å². The van der Waals surface area contributed by atoms with Crippen molar-refractivity contribution in [1.29, 1.82) is 0 Å². The Bertz CT molecular complexity index is 858. The molecule has 1 N–H and O–H groups in total. The maximum Gasteiger partial charge on any atom is 0.266 e. The van der Waals surface area contributed by atoms with Crippen molar-refractivity contribution >= 4 is 11.8 Å². The Balaban J connectivity index is 1.78. The first-order valence-electron chi connectivity index (χ1n) is 9.70. The highest BCUT2D eigenvalue weighted by atomic mass is 16.5. The molecule has 5 nitrogen and oxygen atoms in total. The molecule has 0 bridgehead atoms. The second kappa shape index (κ2) is 8.05. The van der Waals surface area contributed by atoms with E-state index in [1.54, 1.807) is 45.2 Å². The summed E-state index contributed by atoms with van der Waals surface area (Å²) in [5.41, 5.74) is 1.84. The summed E-state index contributed by atoms with van der Waals surface area (Å²) in [6.07, 6.45) is 1.93. The molecular weight excluding hydrogens is 352 g/mol. The molecule has 2 amide bonds. The molecule has 3 rings (SSSR count). The summed E-state index contributed by atoms with van der Waals surface area (Å²) >= 11 is 0. The molecular formula is C23H28N2O3. The number of ether oxygens (including phenoxy) is 1. The number of aryl methyl sites for hydroxylation is 1. The van der Waals surface area contributed by atoms with Gasteiger partial charge in [0.15, 0.2) is 5.60 Å². The standard InChI is InChI=1S/C23H28N2O3/c1-16-10-12-17(13-11-16)20-9-6-14-25(20)22(27)23(2,3)28-19-8-5-7-18(15-19)21(26)24-4/h5,7-8,10-13,15,20H,6,9,14H2,1-4H3,(H,24,26).